The van der Waals surface area contributed by atoms with Crippen molar-refractivity contribution in [1.29, 1.82) is 0 Å². The molecule has 0 saturated carbocycles. The summed E-state index contributed by atoms with van der Waals surface area (Å²) in [5.74, 6) is -1.60. The number of carbonyl (C=O) groups is 2. The van der Waals surface area contributed by atoms with Crippen molar-refractivity contribution >= 4 is 31.5 Å². The van der Waals surface area contributed by atoms with Gasteiger partial charge in [0.2, 0.25) is 9.05 Å². The number of rotatable bonds is 4. The molecule has 108 valence electrons. The predicted molar refractivity (Wildman–Crippen MR) is 75.2 cm³/mol. The molecule has 1 aliphatic heterocycles. The first-order valence-corrected chi connectivity index (χ1v) is 8.59. The summed E-state index contributed by atoms with van der Waals surface area (Å²) in [5.41, 5.74) is 0.602. The summed E-state index contributed by atoms with van der Waals surface area (Å²) in [7, 11) is 1.47. The van der Waals surface area contributed by atoms with E-state index < -0.39 is 32.7 Å². The maximum Gasteiger partial charge on any atom is 0.261 e. The van der Waals surface area contributed by atoms with Crippen LogP contribution in [0.15, 0.2) is 24.3 Å². The smallest absolute Gasteiger partial charge is 0.261 e. The Balaban J connectivity index is 2.42. The van der Waals surface area contributed by atoms with Crippen LogP contribution in [0.25, 0.3) is 0 Å². The van der Waals surface area contributed by atoms with Crippen LogP contribution in [-0.4, -0.2) is 36.9 Å². The lowest BCUT2D eigenvalue weighted by Gasteiger charge is -2.28. The highest BCUT2D eigenvalue weighted by Crippen LogP contribution is 2.28. The van der Waals surface area contributed by atoms with Gasteiger partial charge in [-0.15, -0.1) is 0 Å². The van der Waals surface area contributed by atoms with E-state index in [4.69, 9.17) is 10.7 Å². The van der Waals surface area contributed by atoms with E-state index in [2.05, 4.69) is 0 Å². The summed E-state index contributed by atoms with van der Waals surface area (Å²) in [6.07, 6.45) is 0. The average molecular weight is 316 g/mol. The van der Waals surface area contributed by atoms with Gasteiger partial charge in [-0.2, -0.15) is 0 Å². The van der Waals surface area contributed by atoms with E-state index in [1.165, 1.54) is 0 Å². The summed E-state index contributed by atoms with van der Waals surface area (Å²) >= 11 is 0. The maximum atomic E-state index is 12.3. The molecule has 0 fully saturated rings. The zero-order chi connectivity index (χ0) is 15.1. The Hall–Kier alpha value is -1.40. The van der Waals surface area contributed by atoms with Gasteiger partial charge in [0.25, 0.3) is 11.8 Å². The first-order valence-electron chi connectivity index (χ1n) is 6.11. The highest BCUT2D eigenvalue weighted by Gasteiger charge is 2.42. The molecule has 0 aromatic heterocycles. The summed E-state index contributed by atoms with van der Waals surface area (Å²) in [6.45, 7) is 3.49. The van der Waals surface area contributed by atoms with Gasteiger partial charge in [-0.3, -0.25) is 14.5 Å². The molecule has 1 aromatic rings. The Morgan fingerprint density at radius 1 is 1.10 bits per heavy atom. The molecule has 1 atom stereocenters. The molecule has 2 rings (SSSR count). The number of hydrogen-bond acceptors (Lipinski definition) is 4. The quantitative estimate of drug-likeness (QED) is 0.628. The molecule has 5 nitrogen and oxygen atoms in total. The van der Waals surface area contributed by atoms with Crippen LogP contribution in [-0.2, 0) is 9.05 Å². The van der Waals surface area contributed by atoms with Crippen molar-refractivity contribution in [3.05, 3.63) is 35.4 Å². The minimum Gasteiger partial charge on any atom is -0.270 e. The Labute approximate surface area is 121 Å². The van der Waals surface area contributed by atoms with E-state index in [9.17, 15) is 18.0 Å². The van der Waals surface area contributed by atoms with Crippen LogP contribution in [0.2, 0.25) is 0 Å². The summed E-state index contributed by atoms with van der Waals surface area (Å²) in [6, 6.07) is 5.67. The molecule has 0 bridgehead atoms. The lowest BCUT2D eigenvalue weighted by atomic mass is 10.0. The Morgan fingerprint density at radius 2 is 1.55 bits per heavy atom. The molecule has 20 heavy (non-hydrogen) atoms. The second-order valence-corrected chi connectivity index (χ2v) is 7.86. The van der Waals surface area contributed by atoms with Gasteiger partial charge in [-0.25, -0.2) is 8.42 Å². The van der Waals surface area contributed by atoms with Crippen molar-refractivity contribution in [1.82, 2.24) is 4.90 Å². The van der Waals surface area contributed by atoms with Gasteiger partial charge in [-0.05, 0) is 18.1 Å². The topological polar surface area (TPSA) is 71.5 Å². The van der Waals surface area contributed by atoms with Gasteiger partial charge in [0.05, 0.1) is 22.9 Å². The van der Waals surface area contributed by atoms with Crippen molar-refractivity contribution in [3.63, 3.8) is 0 Å². The molecule has 0 spiro atoms. The third-order valence-corrected chi connectivity index (χ3v) is 4.41. The van der Waals surface area contributed by atoms with Gasteiger partial charge >= 0.3 is 0 Å². The molecule has 7 heteroatoms. The fourth-order valence-corrected chi connectivity index (χ4v) is 3.61. The van der Waals surface area contributed by atoms with Crippen LogP contribution < -0.4 is 0 Å². The largest absolute Gasteiger partial charge is 0.270 e. The van der Waals surface area contributed by atoms with Gasteiger partial charge in [0, 0.05) is 10.7 Å². The van der Waals surface area contributed by atoms with Crippen molar-refractivity contribution in [3.8, 4) is 0 Å². The zero-order valence-electron chi connectivity index (χ0n) is 11.0. The molecule has 0 radical (unpaired) electrons. The van der Waals surface area contributed by atoms with Gasteiger partial charge in [0.15, 0.2) is 0 Å². The molecule has 0 unspecified atom stereocenters. The third kappa shape index (κ3) is 2.71. The highest BCUT2D eigenvalue weighted by atomic mass is 35.7. The van der Waals surface area contributed by atoms with E-state index >= 15 is 0 Å². The van der Waals surface area contributed by atoms with Gasteiger partial charge < -0.3 is 0 Å². The van der Waals surface area contributed by atoms with Crippen LogP contribution >= 0.6 is 10.7 Å². The first-order chi connectivity index (χ1) is 9.22. The number of amides is 2. The standard InChI is InChI=1S/C13H14ClNO4S/c1-8(2)11(7-20(14,18)19)15-12(16)9-5-3-4-6-10(9)13(15)17/h3-6,8,11H,7H2,1-2H3/t11-/m1/s1. The molecular formula is C13H14ClNO4S. The lowest BCUT2D eigenvalue weighted by molar-refractivity contribution is 0.0562. The van der Waals surface area contributed by atoms with Crippen LogP contribution in [0.5, 0.6) is 0 Å². The molecular weight excluding hydrogens is 302 g/mol. The maximum absolute atomic E-state index is 12.3. The lowest BCUT2D eigenvalue weighted by Crippen LogP contribution is -2.46. The van der Waals surface area contributed by atoms with Crippen molar-refractivity contribution in [2.75, 3.05) is 5.75 Å². The fourth-order valence-electron chi connectivity index (χ4n) is 2.28. The molecule has 0 N–H and O–H groups in total. The summed E-state index contributed by atoms with van der Waals surface area (Å²) < 4.78 is 22.6. The fraction of sp³-hybridized carbons (Fsp3) is 0.385. The first kappa shape index (κ1) is 15.0. The Kier molecular flexibility index (Phi) is 3.88. The molecule has 1 aromatic carbocycles. The van der Waals surface area contributed by atoms with Crippen LogP contribution in [0, 0.1) is 5.92 Å². The Bertz CT molecular complexity index is 634. The zero-order valence-corrected chi connectivity index (χ0v) is 12.6. The van der Waals surface area contributed by atoms with Crippen LogP contribution in [0.4, 0.5) is 0 Å². The van der Waals surface area contributed by atoms with E-state index in [-0.39, 0.29) is 5.92 Å². The van der Waals surface area contributed by atoms with E-state index in [1.54, 1.807) is 38.1 Å². The number of imide groups is 1. The summed E-state index contributed by atoms with van der Waals surface area (Å²) in [4.78, 5) is 25.6. The number of fused-ring (bicyclic) bond motifs is 1. The molecule has 1 heterocycles. The average Bonchev–Trinajstić information content (AvgIpc) is 2.59. The minimum atomic E-state index is -3.81. The predicted octanol–water partition coefficient (Wildman–Crippen LogP) is 1.88. The normalized spacial score (nSPS) is 16.7. The van der Waals surface area contributed by atoms with E-state index in [0.717, 1.165) is 4.90 Å². The van der Waals surface area contributed by atoms with Crippen molar-refractivity contribution < 1.29 is 18.0 Å². The number of halogens is 1. The summed E-state index contributed by atoms with van der Waals surface area (Å²) in [5, 5.41) is 0. The second kappa shape index (κ2) is 5.18. The van der Waals surface area contributed by atoms with Crippen LogP contribution in [0.3, 0.4) is 0 Å². The monoisotopic (exact) mass is 315 g/mol. The van der Waals surface area contributed by atoms with Crippen LogP contribution in [0.1, 0.15) is 34.6 Å². The van der Waals surface area contributed by atoms with E-state index in [0.29, 0.717) is 11.1 Å². The van der Waals surface area contributed by atoms with Gasteiger partial charge in [0.1, 0.15) is 0 Å². The SMILES string of the molecule is CC(C)[C@@H](CS(=O)(=O)Cl)N1C(=O)c2ccccc2C1=O. The minimum absolute atomic E-state index is 0.217. The molecule has 1 aliphatic rings. The number of carbonyl (C=O) groups excluding carboxylic acids is 2. The number of hydrogen-bond donors (Lipinski definition) is 0. The third-order valence-electron chi connectivity index (χ3n) is 3.30. The number of nitrogens with zero attached hydrogens (tertiary/aromatic N) is 1. The highest BCUT2D eigenvalue weighted by molar-refractivity contribution is 8.13. The van der Waals surface area contributed by atoms with E-state index in [1.807, 2.05) is 0 Å². The molecule has 2 amide bonds. The second-order valence-electron chi connectivity index (χ2n) is 5.04. The van der Waals surface area contributed by atoms with Gasteiger partial charge in [-0.1, -0.05) is 26.0 Å². The van der Waals surface area contributed by atoms with Crippen molar-refractivity contribution in [2.24, 2.45) is 5.92 Å². The van der Waals surface area contributed by atoms with Crippen molar-refractivity contribution in [2.45, 2.75) is 19.9 Å². The number of benzene rings is 1. The molecule has 0 saturated heterocycles. The Morgan fingerprint density at radius 3 is 1.90 bits per heavy atom. The molecule has 0 aliphatic carbocycles.